The lowest BCUT2D eigenvalue weighted by Crippen LogP contribution is -2.46. The van der Waals surface area contributed by atoms with Crippen molar-refractivity contribution in [3.05, 3.63) is 82.5 Å². The van der Waals surface area contributed by atoms with Gasteiger partial charge >= 0.3 is 0 Å². The molecule has 0 bridgehead atoms. The van der Waals surface area contributed by atoms with Crippen LogP contribution in [-0.2, 0) is 21.7 Å². The van der Waals surface area contributed by atoms with E-state index in [0.717, 1.165) is 28.9 Å². The zero-order chi connectivity index (χ0) is 25.9. The fourth-order valence-corrected chi connectivity index (χ4v) is 5.40. The Labute approximate surface area is 224 Å². The molecule has 7 rings (SSSR count). The molecule has 3 fully saturated rings. The van der Waals surface area contributed by atoms with E-state index >= 15 is 0 Å². The Bertz CT molecular complexity index is 1550. The first-order chi connectivity index (χ1) is 18.4. The van der Waals surface area contributed by atoms with E-state index in [4.69, 9.17) is 21.3 Å². The third-order valence-electron chi connectivity index (χ3n) is 7.63. The maximum Gasteiger partial charge on any atom is 0.229 e. The van der Waals surface area contributed by atoms with Crippen LogP contribution in [0.3, 0.4) is 0 Å². The van der Waals surface area contributed by atoms with Gasteiger partial charge in [-0.2, -0.15) is 0 Å². The summed E-state index contributed by atoms with van der Waals surface area (Å²) < 4.78 is 7.32. The van der Waals surface area contributed by atoms with Crippen LogP contribution in [0, 0.1) is 5.92 Å². The number of benzene rings is 1. The Morgan fingerprint density at radius 2 is 1.97 bits per heavy atom. The smallest absolute Gasteiger partial charge is 0.229 e. The average molecular weight is 531 g/mol. The number of anilines is 2. The van der Waals surface area contributed by atoms with Crippen molar-refractivity contribution < 1.29 is 14.6 Å². The van der Waals surface area contributed by atoms with Gasteiger partial charge in [0.15, 0.2) is 0 Å². The Hall–Kier alpha value is -3.53. The van der Waals surface area contributed by atoms with Gasteiger partial charge in [0.05, 0.1) is 25.5 Å². The lowest BCUT2D eigenvalue weighted by molar-refractivity contribution is -0.184. The van der Waals surface area contributed by atoms with Crippen LogP contribution < -0.4 is 10.6 Å². The summed E-state index contributed by atoms with van der Waals surface area (Å²) in [6.45, 7) is 0.999. The monoisotopic (exact) mass is 530 g/mol. The van der Waals surface area contributed by atoms with Crippen LogP contribution in [0.4, 0.5) is 11.6 Å². The van der Waals surface area contributed by atoms with Crippen LogP contribution in [0.15, 0.2) is 55.1 Å². The molecule has 38 heavy (non-hydrogen) atoms. The van der Waals surface area contributed by atoms with Crippen LogP contribution in [-0.4, -0.2) is 43.6 Å². The number of fused-ring (bicyclic) bond motifs is 1. The molecule has 3 N–H and O–H groups in total. The molecule has 1 amide bonds. The molecule has 4 aromatic rings. The van der Waals surface area contributed by atoms with Gasteiger partial charge in [0.2, 0.25) is 5.91 Å². The van der Waals surface area contributed by atoms with Crippen molar-refractivity contribution in [2.24, 2.45) is 5.92 Å². The number of rotatable bonds is 8. The standard InChI is InChI=1S/C28H27ClN6O3/c29-19-3-1-2-17(6-19)21-8-22(21)27(36)34-25-9-24(31-15-32-25)30-10-20-12-35-11-18(16-4-5-16)7-23(26(35)33-20)28(37)13-38-14-28/h1-3,6-7,9,11-12,15-16,21-22,37H,4-5,8,10,13-14H2,(H2,30,31,32,34,36)/t21-,22+/m1/s1. The van der Waals surface area contributed by atoms with Gasteiger partial charge in [-0.3, -0.25) is 4.79 Å². The van der Waals surface area contributed by atoms with Crippen molar-refractivity contribution in [2.45, 2.75) is 43.2 Å². The highest BCUT2D eigenvalue weighted by Crippen LogP contribution is 2.48. The Balaban J connectivity index is 1.03. The molecule has 10 heteroatoms. The average Bonchev–Trinajstić information content (AvgIpc) is 3.82. The van der Waals surface area contributed by atoms with Gasteiger partial charge in [-0.15, -0.1) is 0 Å². The predicted molar refractivity (Wildman–Crippen MR) is 142 cm³/mol. The van der Waals surface area contributed by atoms with Crippen molar-refractivity contribution in [1.82, 2.24) is 19.4 Å². The summed E-state index contributed by atoms with van der Waals surface area (Å²) in [5, 5.41) is 17.9. The number of amides is 1. The van der Waals surface area contributed by atoms with E-state index in [1.807, 2.05) is 34.9 Å². The van der Waals surface area contributed by atoms with Crippen molar-refractivity contribution >= 4 is 34.8 Å². The van der Waals surface area contributed by atoms with Crippen molar-refractivity contribution in [1.29, 1.82) is 0 Å². The largest absolute Gasteiger partial charge is 0.380 e. The molecule has 0 unspecified atom stereocenters. The molecule has 1 saturated heterocycles. The number of pyridine rings is 1. The third kappa shape index (κ3) is 4.51. The van der Waals surface area contributed by atoms with Crippen LogP contribution in [0.25, 0.3) is 5.65 Å². The van der Waals surface area contributed by atoms with E-state index in [1.54, 1.807) is 6.07 Å². The minimum Gasteiger partial charge on any atom is -0.380 e. The summed E-state index contributed by atoms with van der Waals surface area (Å²) in [6, 6.07) is 11.5. The van der Waals surface area contributed by atoms with Gasteiger partial charge in [0.25, 0.3) is 0 Å². The minimum absolute atomic E-state index is 0.0584. The number of aromatic nitrogens is 4. The number of nitrogens with zero attached hydrogens (tertiary/aromatic N) is 4. The maximum absolute atomic E-state index is 12.8. The lowest BCUT2D eigenvalue weighted by atomic mass is 9.91. The molecular formula is C28H27ClN6O3. The summed E-state index contributed by atoms with van der Waals surface area (Å²) in [4.78, 5) is 26.1. The van der Waals surface area contributed by atoms with E-state index in [9.17, 15) is 9.90 Å². The first kappa shape index (κ1) is 23.6. The molecule has 2 saturated carbocycles. The van der Waals surface area contributed by atoms with Crippen LogP contribution >= 0.6 is 11.6 Å². The zero-order valence-corrected chi connectivity index (χ0v) is 21.4. The summed E-state index contributed by atoms with van der Waals surface area (Å²) >= 11 is 6.10. The zero-order valence-electron chi connectivity index (χ0n) is 20.6. The second-order valence-corrected chi connectivity index (χ2v) is 11.0. The number of ether oxygens (including phenoxy) is 1. The highest BCUT2D eigenvalue weighted by molar-refractivity contribution is 6.30. The first-order valence-corrected chi connectivity index (χ1v) is 13.3. The quantitative estimate of drug-likeness (QED) is 0.312. The van der Waals surface area contributed by atoms with Crippen molar-refractivity contribution in [3.8, 4) is 0 Å². The number of hydrogen-bond donors (Lipinski definition) is 3. The maximum atomic E-state index is 12.8. The lowest BCUT2D eigenvalue weighted by Gasteiger charge is -2.37. The fourth-order valence-electron chi connectivity index (χ4n) is 5.20. The number of nitrogens with one attached hydrogen (secondary N) is 2. The van der Waals surface area contributed by atoms with Crippen LogP contribution in [0.2, 0.25) is 5.02 Å². The molecule has 2 atom stereocenters. The van der Waals surface area contributed by atoms with E-state index in [1.165, 1.54) is 24.7 Å². The summed E-state index contributed by atoms with van der Waals surface area (Å²) in [5.74, 6) is 1.61. The number of halogens is 1. The molecule has 2 aliphatic carbocycles. The second kappa shape index (κ2) is 9.04. The number of imidazole rings is 1. The number of aliphatic hydroxyl groups is 1. The fraction of sp³-hybridized carbons (Fsp3) is 0.357. The van der Waals surface area contributed by atoms with Gasteiger partial charge < -0.3 is 24.9 Å². The summed E-state index contributed by atoms with van der Waals surface area (Å²) in [6.07, 6.45) is 8.67. The van der Waals surface area contributed by atoms with Gasteiger partial charge in [-0.25, -0.2) is 15.0 Å². The Morgan fingerprint density at radius 3 is 2.74 bits per heavy atom. The second-order valence-electron chi connectivity index (χ2n) is 10.6. The van der Waals surface area contributed by atoms with E-state index in [0.29, 0.717) is 29.1 Å². The predicted octanol–water partition coefficient (Wildman–Crippen LogP) is 4.23. The molecule has 3 aliphatic rings. The van der Waals surface area contributed by atoms with Crippen LogP contribution in [0.5, 0.6) is 0 Å². The topological polar surface area (TPSA) is 114 Å². The highest BCUT2D eigenvalue weighted by Gasteiger charge is 2.44. The summed E-state index contributed by atoms with van der Waals surface area (Å²) in [5.41, 5.74) is 3.70. The van der Waals surface area contributed by atoms with Gasteiger partial charge in [-0.1, -0.05) is 23.7 Å². The molecule has 3 aromatic heterocycles. The van der Waals surface area contributed by atoms with Crippen LogP contribution in [0.1, 0.15) is 53.5 Å². The molecule has 1 aliphatic heterocycles. The van der Waals surface area contributed by atoms with E-state index < -0.39 is 5.60 Å². The molecular weight excluding hydrogens is 504 g/mol. The minimum atomic E-state index is -0.991. The Kier molecular flexibility index (Phi) is 5.61. The molecule has 1 aromatic carbocycles. The highest BCUT2D eigenvalue weighted by atomic mass is 35.5. The molecule has 0 radical (unpaired) electrons. The van der Waals surface area contributed by atoms with Crippen molar-refractivity contribution in [3.63, 3.8) is 0 Å². The van der Waals surface area contributed by atoms with E-state index in [2.05, 4.69) is 32.9 Å². The van der Waals surface area contributed by atoms with Gasteiger partial charge in [0, 0.05) is 35.0 Å². The van der Waals surface area contributed by atoms with Gasteiger partial charge in [0.1, 0.15) is 29.2 Å². The van der Waals surface area contributed by atoms with E-state index in [-0.39, 0.29) is 31.0 Å². The molecule has 0 spiro atoms. The molecule has 9 nitrogen and oxygen atoms in total. The molecule has 4 heterocycles. The number of carbonyl (C=O) groups excluding carboxylic acids is 1. The Morgan fingerprint density at radius 1 is 1.13 bits per heavy atom. The van der Waals surface area contributed by atoms with Crippen molar-refractivity contribution in [2.75, 3.05) is 23.8 Å². The number of hydrogen-bond acceptors (Lipinski definition) is 7. The SMILES string of the molecule is O=C(Nc1cc(NCc2cn3cc(C4CC4)cc(C4(O)COC4)c3n2)ncn1)[C@H]1C[C@@H]1c1cccc(Cl)c1. The first-order valence-electron chi connectivity index (χ1n) is 12.9. The van der Waals surface area contributed by atoms with Gasteiger partial charge in [-0.05, 0) is 60.4 Å². The third-order valence-corrected chi connectivity index (χ3v) is 7.86. The number of carbonyl (C=O) groups is 1. The summed E-state index contributed by atoms with van der Waals surface area (Å²) in [7, 11) is 0. The molecule has 194 valence electrons. The normalized spacial score (nSPS) is 21.6.